The molecule has 2 nitrogen and oxygen atoms in total. The van der Waals surface area contributed by atoms with Crippen LogP contribution in [-0.2, 0) is 5.41 Å². The van der Waals surface area contributed by atoms with E-state index in [1.165, 1.54) is 66.4 Å². The zero-order chi connectivity index (χ0) is 32.2. The van der Waals surface area contributed by atoms with Crippen LogP contribution >= 0.6 is 0 Å². The Bertz CT molecular complexity index is 2490. The van der Waals surface area contributed by atoms with E-state index in [9.17, 15) is 0 Å². The zero-order valence-corrected chi connectivity index (χ0v) is 27.0. The number of aromatic nitrogens is 1. The summed E-state index contributed by atoms with van der Waals surface area (Å²) in [6.45, 7) is 4.66. The first-order chi connectivity index (χ1) is 23.5. The molecule has 1 heterocycles. The van der Waals surface area contributed by atoms with E-state index in [4.69, 9.17) is 4.98 Å². The minimum Gasteiger partial charge on any atom is -0.355 e. The molecule has 0 spiro atoms. The number of rotatable bonds is 5. The molecule has 7 aromatic carbocycles. The smallest absolute Gasteiger partial charge is 0.0786 e. The van der Waals surface area contributed by atoms with Gasteiger partial charge in [0, 0.05) is 33.8 Å². The molecule has 9 rings (SSSR count). The molecule has 0 saturated heterocycles. The SMILES string of the molecule is CC1(C)c2ccccc2-c2ccc(Nc3ccc(-c4ccccc4)c(-c4ccc(-c5cccc6ccc7cccnc7c56)cc4)c3)cc21. The molecule has 1 N–H and O–H groups in total. The molecule has 1 aromatic heterocycles. The highest BCUT2D eigenvalue weighted by molar-refractivity contribution is 6.12. The van der Waals surface area contributed by atoms with E-state index < -0.39 is 0 Å². The van der Waals surface area contributed by atoms with Gasteiger partial charge in [0.1, 0.15) is 0 Å². The van der Waals surface area contributed by atoms with Crippen molar-refractivity contribution in [1.29, 1.82) is 0 Å². The summed E-state index contributed by atoms with van der Waals surface area (Å²) < 4.78 is 0. The van der Waals surface area contributed by atoms with Gasteiger partial charge < -0.3 is 5.32 Å². The predicted octanol–water partition coefficient (Wildman–Crippen LogP) is 12.4. The molecule has 228 valence electrons. The first kappa shape index (κ1) is 28.3. The monoisotopic (exact) mass is 614 g/mol. The molecule has 48 heavy (non-hydrogen) atoms. The molecule has 1 aliphatic carbocycles. The molecule has 0 fully saturated rings. The quantitative estimate of drug-likeness (QED) is 0.195. The van der Waals surface area contributed by atoms with Gasteiger partial charge >= 0.3 is 0 Å². The van der Waals surface area contributed by atoms with E-state index in [-0.39, 0.29) is 5.41 Å². The van der Waals surface area contributed by atoms with Gasteiger partial charge in [-0.05, 0) is 91.4 Å². The van der Waals surface area contributed by atoms with Crippen LogP contribution < -0.4 is 5.32 Å². The van der Waals surface area contributed by atoms with Crippen LogP contribution in [0.25, 0.3) is 66.2 Å². The molecular formula is C46H34N2. The average Bonchev–Trinajstić information content (AvgIpc) is 3.37. The summed E-state index contributed by atoms with van der Waals surface area (Å²) in [5.41, 5.74) is 15.7. The van der Waals surface area contributed by atoms with Gasteiger partial charge in [-0.2, -0.15) is 0 Å². The Morgan fingerprint density at radius 3 is 1.90 bits per heavy atom. The largest absolute Gasteiger partial charge is 0.355 e. The van der Waals surface area contributed by atoms with Gasteiger partial charge in [-0.3, -0.25) is 4.98 Å². The van der Waals surface area contributed by atoms with Gasteiger partial charge in [0.2, 0.25) is 0 Å². The second kappa shape index (κ2) is 11.1. The van der Waals surface area contributed by atoms with Crippen molar-refractivity contribution in [1.82, 2.24) is 4.98 Å². The number of benzene rings is 7. The Kier molecular flexibility index (Phi) is 6.51. The summed E-state index contributed by atoms with van der Waals surface area (Å²) in [4.78, 5) is 4.78. The van der Waals surface area contributed by atoms with Crippen molar-refractivity contribution in [3.8, 4) is 44.5 Å². The van der Waals surface area contributed by atoms with E-state index in [0.717, 1.165) is 22.3 Å². The minimum absolute atomic E-state index is 0.0415. The van der Waals surface area contributed by atoms with Crippen molar-refractivity contribution >= 4 is 33.1 Å². The van der Waals surface area contributed by atoms with Crippen molar-refractivity contribution < 1.29 is 0 Å². The summed E-state index contributed by atoms with van der Waals surface area (Å²) >= 11 is 0. The predicted molar refractivity (Wildman–Crippen MR) is 203 cm³/mol. The second-order valence-corrected chi connectivity index (χ2v) is 13.3. The highest BCUT2D eigenvalue weighted by atomic mass is 14.9. The third kappa shape index (κ3) is 4.60. The maximum atomic E-state index is 4.78. The fourth-order valence-electron chi connectivity index (χ4n) is 7.66. The minimum atomic E-state index is -0.0415. The zero-order valence-electron chi connectivity index (χ0n) is 27.0. The summed E-state index contributed by atoms with van der Waals surface area (Å²) in [7, 11) is 0. The van der Waals surface area contributed by atoms with Gasteiger partial charge in [0.05, 0.1) is 5.52 Å². The fourth-order valence-corrected chi connectivity index (χ4v) is 7.66. The normalized spacial score (nSPS) is 13.0. The summed E-state index contributed by atoms with van der Waals surface area (Å²) in [5.74, 6) is 0. The molecule has 1 aliphatic rings. The average molecular weight is 615 g/mol. The lowest BCUT2D eigenvalue weighted by atomic mass is 9.82. The summed E-state index contributed by atoms with van der Waals surface area (Å²) in [6.07, 6.45) is 1.89. The van der Waals surface area contributed by atoms with Crippen LogP contribution in [0.2, 0.25) is 0 Å². The third-order valence-corrected chi connectivity index (χ3v) is 10.1. The first-order valence-electron chi connectivity index (χ1n) is 16.6. The van der Waals surface area contributed by atoms with E-state index in [2.05, 4.69) is 171 Å². The highest BCUT2D eigenvalue weighted by Gasteiger charge is 2.35. The number of nitrogens with one attached hydrogen (secondary N) is 1. The van der Waals surface area contributed by atoms with Crippen molar-refractivity contribution in [3.63, 3.8) is 0 Å². The number of anilines is 2. The van der Waals surface area contributed by atoms with Crippen LogP contribution in [0.4, 0.5) is 11.4 Å². The van der Waals surface area contributed by atoms with Crippen molar-refractivity contribution in [2.45, 2.75) is 19.3 Å². The molecule has 0 aliphatic heterocycles. The fraction of sp³-hybridized carbons (Fsp3) is 0.0652. The maximum Gasteiger partial charge on any atom is 0.0786 e. The molecule has 0 amide bonds. The van der Waals surface area contributed by atoms with Gasteiger partial charge in [-0.25, -0.2) is 0 Å². The van der Waals surface area contributed by atoms with Gasteiger partial charge in [-0.15, -0.1) is 0 Å². The Morgan fingerprint density at radius 2 is 1.06 bits per heavy atom. The van der Waals surface area contributed by atoms with Crippen molar-refractivity contribution in [2.75, 3.05) is 5.32 Å². The first-order valence-corrected chi connectivity index (χ1v) is 16.6. The topological polar surface area (TPSA) is 24.9 Å². The molecule has 0 unspecified atom stereocenters. The van der Waals surface area contributed by atoms with E-state index in [1.54, 1.807) is 0 Å². The Balaban J connectivity index is 1.11. The Hall–Kier alpha value is -5.99. The summed E-state index contributed by atoms with van der Waals surface area (Å²) in [5, 5.41) is 7.30. The Morgan fingerprint density at radius 1 is 0.438 bits per heavy atom. The standard InChI is InChI=1S/C46H34N2/c1-46(2)42-16-7-6-14-39(42)40-26-24-36(29-43(40)46)48-35-23-25-37(30-10-4-3-5-11-30)41(28-35)32-19-17-31(18-20-32)38-15-8-12-33-21-22-34-13-9-27-47-45(34)44(33)38/h3-29,48H,1-2H3. The number of nitrogens with zero attached hydrogens (tertiary/aromatic N) is 1. The van der Waals surface area contributed by atoms with Gasteiger partial charge in [0.15, 0.2) is 0 Å². The molecular weight excluding hydrogens is 581 g/mol. The van der Waals surface area contributed by atoms with E-state index >= 15 is 0 Å². The van der Waals surface area contributed by atoms with Crippen LogP contribution in [0.3, 0.4) is 0 Å². The molecule has 0 saturated carbocycles. The second-order valence-electron chi connectivity index (χ2n) is 13.3. The number of fused-ring (bicyclic) bond motifs is 6. The molecule has 0 bridgehead atoms. The highest BCUT2D eigenvalue weighted by Crippen LogP contribution is 2.49. The van der Waals surface area contributed by atoms with E-state index in [0.29, 0.717) is 0 Å². The molecule has 8 aromatic rings. The lowest BCUT2D eigenvalue weighted by Crippen LogP contribution is -2.15. The molecule has 2 heteroatoms. The lowest BCUT2D eigenvalue weighted by Gasteiger charge is -2.22. The lowest BCUT2D eigenvalue weighted by molar-refractivity contribution is 0.660. The third-order valence-electron chi connectivity index (χ3n) is 10.1. The van der Waals surface area contributed by atoms with Crippen LogP contribution in [0.5, 0.6) is 0 Å². The molecule has 0 atom stereocenters. The van der Waals surface area contributed by atoms with Crippen LogP contribution in [-0.4, -0.2) is 4.98 Å². The van der Waals surface area contributed by atoms with E-state index in [1.807, 2.05) is 12.3 Å². The molecule has 0 radical (unpaired) electrons. The van der Waals surface area contributed by atoms with Crippen molar-refractivity contribution in [2.24, 2.45) is 0 Å². The van der Waals surface area contributed by atoms with Gasteiger partial charge in [0.25, 0.3) is 0 Å². The van der Waals surface area contributed by atoms with Gasteiger partial charge in [-0.1, -0.05) is 141 Å². The van der Waals surface area contributed by atoms with Crippen molar-refractivity contribution in [3.05, 3.63) is 175 Å². The number of hydrogen-bond donors (Lipinski definition) is 1. The van der Waals surface area contributed by atoms with Crippen LogP contribution in [0, 0.1) is 0 Å². The summed E-state index contributed by atoms with van der Waals surface area (Å²) in [6, 6.07) is 57.0. The number of hydrogen-bond acceptors (Lipinski definition) is 2. The van der Waals surface area contributed by atoms with Crippen LogP contribution in [0.15, 0.2) is 164 Å². The number of pyridine rings is 1. The van der Waals surface area contributed by atoms with Crippen LogP contribution in [0.1, 0.15) is 25.0 Å². The Labute approximate surface area is 281 Å². The maximum absolute atomic E-state index is 4.78.